The third-order valence-corrected chi connectivity index (χ3v) is 2.55. The first-order valence-electron chi connectivity index (χ1n) is 4.87. The molecule has 76 valence electrons. The second-order valence-electron chi connectivity index (χ2n) is 3.75. The minimum Gasteiger partial charge on any atom is -0.392 e. The largest absolute Gasteiger partial charge is 0.392 e. The number of nitrogens with two attached hydrogens (primary N) is 1. The zero-order valence-corrected chi connectivity index (χ0v) is 9.15. The fraction of sp³-hybridized carbons (Fsp3) is 0.889. The predicted octanol–water partition coefficient (Wildman–Crippen LogP) is 0.300. The third-order valence-electron chi connectivity index (χ3n) is 2.42. The van der Waals surface area contributed by atoms with Crippen molar-refractivity contribution in [3.8, 4) is 0 Å². The molecule has 1 aliphatic rings. The summed E-state index contributed by atoms with van der Waals surface area (Å²) in [6.45, 7) is 5.49. The van der Waals surface area contributed by atoms with Gasteiger partial charge in [0.05, 0.1) is 4.99 Å². The summed E-state index contributed by atoms with van der Waals surface area (Å²) in [6, 6.07) is 0. The lowest BCUT2D eigenvalue weighted by atomic mass is 10.4. The lowest BCUT2D eigenvalue weighted by Gasteiger charge is -2.20. The molecule has 13 heavy (non-hydrogen) atoms. The van der Waals surface area contributed by atoms with Gasteiger partial charge in [-0.2, -0.15) is 0 Å². The van der Waals surface area contributed by atoms with Crippen molar-refractivity contribution in [1.82, 2.24) is 9.80 Å². The van der Waals surface area contributed by atoms with Gasteiger partial charge in [-0.25, -0.2) is 0 Å². The molecule has 0 aliphatic carbocycles. The highest BCUT2D eigenvalue weighted by Gasteiger charge is 2.11. The van der Waals surface area contributed by atoms with Crippen LogP contribution in [0.2, 0.25) is 0 Å². The van der Waals surface area contributed by atoms with Crippen LogP contribution in [0.4, 0.5) is 0 Å². The molecule has 1 heterocycles. The van der Waals surface area contributed by atoms with Crippen LogP contribution in [0.5, 0.6) is 0 Å². The van der Waals surface area contributed by atoms with Crippen molar-refractivity contribution in [2.75, 3.05) is 39.8 Å². The standard InChI is InChI=1S/C9H19N3S/c1-11(8-9(10)13)6-7-12-4-2-3-5-12/h2-8H2,1H3,(H2,10,13). The van der Waals surface area contributed by atoms with Crippen molar-refractivity contribution < 1.29 is 0 Å². The van der Waals surface area contributed by atoms with E-state index in [9.17, 15) is 0 Å². The Morgan fingerprint density at radius 3 is 2.62 bits per heavy atom. The van der Waals surface area contributed by atoms with Crippen LogP contribution in [0.25, 0.3) is 0 Å². The molecule has 0 spiro atoms. The maximum Gasteiger partial charge on any atom is 0.0869 e. The van der Waals surface area contributed by atoms with E-state index in [2.05, 4.69) is 16.8 Å². The topological polar surface area (TPSA) is 32.5 Å². The van der Waals surface area contributed by atoms with E-state index in [1.165, 1.54) is 25.9 Å². The van der Waals surface area contributed by atoms with Crippen LogP contribution < -0.4 is 5.73 Å². The summed E-state index contributed by atoms with van der Waals surface area (Å²) in [5.74, 6) is 0. The maximum atomic E-state index is 5.45. The average Bonchev–Trinajstić information content (AvgIpc) is 2.51. The summed E-state index contributed by atoms with van der Waals surface area (Å²) >= 11 is 4.84. The first kappa shape index (κ1) is 10.9. The Morgan fingerprint density at radius 2 is 2.08 bits per heavy atom. The third kappa shape index (κ3) is 4.55. The SMILES string of the molecule is CN(CCN1CCCC1)CC(N)=S. The molecule has 0 atom stereocenters. The van der Waals surface area contributed by atoms with Crippen molar-refractivity contribution in [1.29, 1.82) is 0 Å². The average molecular weight is 201 g/mol. The Kier molecular flexibility index (Phi) is 4.62. The molecule has 4 heteroatoms. The number of hydrogen-bond acceptors (Lipinski definition) is 3. The van der Waals surface area contributed by atoms with Gasteiger partial charge in [0, 0.05) is 19.6 Å². The molecule has 2 N–H and O–H groups in total. The minimum atomic E-state index is 0.587. The van der Waals surface area contributed by atoms with Crippen molar-refractivity contribution in [3.05, 3.63) is 0 Å². The Labute approximate surface area is 85.9 Å². The Morgan fingerprint density at radius 1 is 1.46 bits per heavy atom. The van der Waals surface area contributed by atoms with E-state index in [0.29, 0.717) is 4.99 Å². The second-order valence-corrected chi connectivity index (χ2v) is 4.28. The van der Waals surface area contributed by atoms with Crippen molar-refractivity contribution >= 4 is 17.2 Å². The molecule has 0 aromatic heterocycles. The van der Waals surface area contributed by atoms with Gasteiger partial charge in [0.25, 0.3) is 0 Å². The molecule has 0 aromatic rings. The number of rotatable bonds is 5. The molecular weight excluding hydrogens is 182 g/mol. The van der Waals surface area contributed by atoms with E-state index in [4.69, 9.17) is 18.0 Å². The van der Waals surface area contributed by atoms with Gasteiger partial charge in [-0.15, -0.1) is 0 Å². The van der Waals surface area contributed by atoms with Gasteiger partial charge in [0.1, 0.15) is 0 Å². The van der Waals surface area contributed by atoms with Gasteiger partial charge in [-0.3, -0.25) is 4.90 Å². The number of thiocarbonyl (C=S) groups is 1. The summed E-state index contributed by atoms with van der Waals surface area (Å²) < 4.78 is 0. The zero-order chi connectivity index (χ0) is 9.68. The fourth-order valence-corrected chi connectivity index (χ4v) is 1.88. The summed E-state index contributed by atoms with van der Waals surface area (Å²) in [4.78, 5) is 5.26. The van der Waals surface area contributed by atoms with E-state index >= 15 is 0 Å². The van der Waals surface area contributed by atoms with Crippen LogP contribution >= 0.6 is 12.2 Å². The zero-order valence-electron chi connectivity index (χ0n) is 8.33. The van der Waals surface area contributed by atoms with Crippen molar-refractivity contribution in [2.45, 2.75) is 12.8 Å². The van der Waals surface area contributed by atoms with E-state index < -0.39 is 0 Å². The fourth-order valence-electron chi connectivity index (χ4n) is 1.66. The summed E-state index contributed by atoms with van der Waals surface area (Å²) in [5, 5.41) is 0. The summed E-state index contributed by atoms with van der Waals surface area (Å²) in [6.07, 6.45) is 2.72. The monoisotopic (exact) mass is 201 g/mol. The van der Waals surface area contributed by atoms with Gasteiger partial charge in [-0.1, -0.05) is 12.2 Å². The van der Waals surface area contributed by atoms with E-state index in [-0.39, 0.29) is 0 Å². The molecule has 0 saturated carbocycles. The van der Waals surface area contributed by atoms with Gasteiger partial charge in [0.2, 0.25) is 0 Å². The second kappa shape index (κ2) is 5.52. The highest BCUT2D eigenvalue weighted by Crippen LogP contribution is 2.06. The minimum absolute atomic E-state index is 0.587. The first-order valence-corrected chi connectivity index (χ1v) is 5.28. The van der Waals surface area contributed by atoms with Crippen LogP contribution in [-0.4, -0.2) is 54.6 Å². The molecule has 0 aromatic carbocycles. The first-order chi connectivity index (χ1) is 6.18. The van der Waals surface area contributed by atoms with Gasteiger partial charge < -0.3 is 10.6 Å². The molecule has 1 rings (SSSR count). The molecule has 1 aliphatic heterocycles. The van der Waals surface area contributed by atoms with E-state index in [0.717, 1.165) is 19.6 Å². The smallest absolute Gasteiger partial charge is 0.0869 e. The Balaban J connectivity index is 2.06. The van der Waals surface area contributed by atoms with Crippen LogP contribution in [0.3, 0.4) is 0 Å². The summed E-state index contributed by atoms with van der Waals surface area (Å²) in [5.41, 5.74) is 5.45. The normalized spacial score (nSPS) is 18.3. The van der Waals surface area contributed by atoms with Crippen LogP contribution in [0, 0.1) is 0 Å². The van der Waals surface area contributed by atoms with Gasteiger partial charge >= 0.3 is 0 Å². The van der Waals surface area contributed by atoms with Gasteiger partial charge in [0.15, 0.2) is 0 Å². The number of hydrogen-bond donors (Lipinski definition) is 1. The molecule has 3 nitrogen and oxygen atoms in total. The lowest BCUT2D eigenvalue weighted by Crippen LogP contribution is -2.35. The highest BCUT2D eigenvalue weighted by molar-refractivity contribution is 7.80. The molecule has 0 radical (unpaired) electrons. The van der Waals surface area contributed by atoms with Crippen LogP contribution in [0.1, 0.15) is 12.8 Å². The highest BCUT2D eigenvalue weighted by atomic mass is 32.1. The predicted molar refractivity (Wildman–Crippen MR) is 60.0 cm³/mol. The summed E-state index contributed by atoms with van der Waals surface area (Å²) in [7, 11) is 2.06. The molecule has 1 saturated heterocycles. The molecule has 0 amide bonds. The number of nitrogens with zero attached hydrogens (tertiary/aromatic N) is 2. The van der Waals surface area contributed by atoms with E-state index in [1.54, 1.807) is 0 Å². The molecule has 1 fully saturated rings. The number of likely N-dealkylation sites (N-methyl/N-ethyl adjacent to an activating group) is 1. The molecule has 0 bridgehead atoms. The van der Waals surface area contributed by atoms with Gasteiger partial charge in [-0.05, 0) is 33.0 Å². The van der Waals surface area contributed by atoms with Crippen LogP contribution in [-0.2, 0) is 0 Å². The van der Waals surface area contributed by atoms with Crippen molar-refractivity contribution in [2.24, 2.45) is 5.73 Å². The van der Waals surface area contributed by atoms with Crippen LogP contribution in [0.15, 0.2) is 0 Å². The Hall–Kier alpha value is -0.190. The molecule has 0 unspecified atom stereocenters. The number of likely N-dealkylation sites (tertiary alicyclic amines) is 1. The Bertz CT molecular complexity index is 166. The maximum absolute atomic E-state index is 5.45. The lowest BCUT2D eigenvalue weighted by molar-refractivity contribution is 0.275. The molecular formula is C9H19N3S. The van der Waals surface area contributed by atoms with Crippen molar-refractivity contribution in [3.63, 3.8) is 0 Å². The quantitative estimate of drug-likeness (QED) is 0.649. The van der Waals surface area contributed by atoms with E-state index in [1.807, 2.05) is 0 Å².